The lowest BCUT2D eigenvalue weighted by Gasteiger charge is -2.31. The van der Waals surface area contributed by atoms with Crippen LogP contribution >= 0.6 is 0 Å². The van der Waals surface area contributed by atoms with Crippen molar-refractivity contribution in [1.29, 1.82) is 0 Å². The number of likely N-dealkylation sites (tertiary alicyclic amines) is 1. The molecule has 28 heavy (non-hydrogen) atoms. The first-order valence-electron chi connectivity index (χ1n) is 10.7. The molecular formula is C22H30N4O2. The first kappa shape index (κ1) is 19.0. The summed E-state index contributed by atoms with van der Waals surface area (Å²) in [5.41, 5.74) is 1.57. The molecule has 1 aromatic heterocycles. The average Bonchev–Trinajstić information content (AvgIpc) is 2.73. The summed E-state index contributed by atoms with van der Waals surface area (Å²) >= 11 is 0. The van der Waals surface area contributed by atoms with Crippen LogP contribution in [0.15, 0.2) is 29.1 Å². The van der Waals surface area contributed by atoms with Gasteiger partial charge in [-0.3, -0.25) is 9.59 Å². The van der Waals surface area contributed by atoms with Crippen LogP contribution in [0.4, 0.5) is 5.82 Å². The quantitative estimate of drug-likeness (QED) is 0.816. The van der Waals surface area contributed by atoms with Gasteiger partial charge in [-0.05, 0) is 50.2 Å². The lowest BCUT2D eigenvalue weighted by atomic mass is 10.00. The molecular weight excluding hydrogens is 352 g/mol. The van der Waals surface area contributed by atoms with Gasteiger partial charge in [-0.1, -0.05) is 19.1 Å². The van der Waals surface area contributed by atoms with Gasteiger partial charge >= 0.3 is 0 Å². The summed E-state index contributed by atoms with van der Waals surface area (Å²) in [6.07, 6.45) is 6.03. The highest BCUT2D eigenvalue weighted by atomic mass is 16.2. The molecule has 4 rings (SSSR count). The number of rotatable bonds is 4. The van der Waals surface area contributed by atoms with Gasteiger partial charge in [-0.25, -0.2) is 4.98 Å². The van der Waals surface area contributed by atoms with Crippen LogP contribution in [-0.4, -0.2) is 46.5 Å². The minimum Gasteiger partial charge on any atom is -0.352 e. The van der Waals surface area contributed by atoms with E-state index in [1.54, 1.807) is 4.57 Å². The highest BCUT2D eigenvalue weighted by Gasteiger charge is 2.22. The van der Waals surface area contributed by atoms with Crippen LogP contribution in [-0.2, 0) is 11.3 Å². The van der Waals surface area contributed by atoms with Gasteiger partial charge in [0, 0.05) is 39.1 Å². The van der Waals surface area contributed by atoms with E-state index in [-0.39, 0.29) is 11.5 Å². The molecule has 0 N–H and O–H groups in total. The van der Waals surface area contributed by atoms with Crippen molar-refractivity contribution in [3.8, 4) is 0 Å². The van der Waals surface area contributed by atoms with Crippen molar-refractivity contribution in [2.45, 2.75) is 52.0 Å². The molecule has 3 heterocycles. The molecule has 1 amide bonds. The van der Waals surface area contributed by atoms with Gasteiger partial charge in [0.15, 0.2) is 5.82 Å². The van der Waals surface area contributed by atoms with Crippen LogP contribution in [0.2, 0.25) is 0 Å². The minimum atomic E-state index is -0.0691. The molecule has 0 saturated carbocycles. The number of hydrogen-bond acceptors (Lipinski definition) is 4. The molecule has 0 radical (unpaired) electrons. The number of hydrogen-bond donors (Lipinski definition) is 0. The van der Waals surface area contributed by atoms with Crippen molar-refractivity contribution in [3.63, 3.8) is 0 Å². The Balaban J connectivity index is 1.60. The number of aromatic nitrogens is 2. The maximum atomic E-state index is 13.3. The van der Waals surface area contributed by atoms with E-state index >= 15 is 0 Å². The predicted octanol–water partition coefficient (Wildman–Crippen LogP) is 3.04. The Kier molecular flexibility index (Phi) is 5.64. The molecule has 2 aliphatic rings. The molecule has 2 aliphatic heterocycles. The van der Waals surface area contributed by atoms with Gasteiger partial charge in [0.25, 0.3) is 5.56 Å². The number of para-hydroxylation sites is 2. The molecule has 0 bridgehead atoms. The van der Waals surface area contributed by atoms with Crippen molar-refractivity contribution in [2.24, 2.45) is 5.92 Å². The van der Waals surface area contributed by atoms with Gasteiger partial charge in [-0.2, -0.15) is 0 Å². The van der Waals surface area contributed by atoms with Crippen molar-refractivity contribution in [3.05, 3.63) is 34.6 Å². The Bertz CT molecular complexity index is 901. The molecule has 0 aliphatic carbocycles. The fourth-order valence-corrected chi connectivity index (χ4v) is 4.49. The molecule has 2 saturated heterocycles. The highest BCUT2D eigenvalue weighted by Crippen LogP contribution is 2.19. The first-order chi connectivity index (χ1) is 13.6. The number of nitrogens with zero attached hydrogens (tertiary/aromatic N) is 4. The summed E-state index contributed by atoms with van der Waals surface area (Å²) in [6, 6.07) is 7.75. The maximum absolute atomic E-state index is 13.3. The smallest absolute Gasteiger partial charge is 0.294 e. The first-order valence-corrected chi connectivity index (χ1v) is 10.7. The Morgan fingerprint density at radius 2 is 1.89 bits per heavy atom. The second kappa shape index (κ2) is 8.33. The number of fused-ring (bicyclic) bond motifs is 1. The molecule has 2 aromatic rings. The van der Waals surface area contributed by atoms with Crippen molar-refractivity contribution in [2.75, 3.05) is 31.1 Å². The van der Waals surface area contributed by atoms with Crippen LogP contribution in [0.3, 0.4) is 0 Å². The third kappa shape index (κ3) is 3.91. The number of aryl methyl sites for hydroxylation is 1. The topological polar surface area (TPSA) is 58.4 Å². The largest absolute Gasteiger partial charge is 0.352 e. The van der Waals surface area contributed by atoms with Crippen LogP contribution in [0.1, 0.15) is 45.4 Å². The molecule has 6 nitrogen and oxygen atoms in total. The Labute approximate surface area is 166 Å². The van der Waals surface area contributed by atoms with Crippen LogP contribution in [0.25, 0.3) is 11.0 Å². The molecule has 6 heteroatoms. The average molecular weight is 383 g/mol. The van der Waals surface area contributed by atoms with Crippen LogP contribution in [0, 0.1) is 5.92 Å². The molecule has 1 unspecified atom stereocenters. The van der Waals surface area contributed by atoms with Gasteiger partial charge in [0.2, 0.25) is 5.91 Å². The molecule has 2 fully saturated rings. The SMILES string of the molecule is CC1CCCN(C(=O)CCn2c(=O)c(N3CCCCC3)nc3ccccc32)C1. The van der Waals surface area contributed by atoms with E-state index in [0.29, 0.717) is 24.7 Å². The van der Waals surface area contributed by atoms with Crippen LogP contribution < -0.4 is 10.5 Å². The highest BCUT2D eigenvalue weighted by molar-refractivity contribution is 5.78. The van der Waals surface area contributed by atoms with E-state index in [0.717, 1.165) is 56.5 Å². The Hall–Kier alpha value is -2.37. The summed E-state index contributed by atoms with van der Waals surface area (Å²) in [7, 11) is 0. The predicted molar refractivity (Wildman–Crippen MR) is 112 cm³/mol. The number of carbonyl (C=O) groups excluding carboxylic acids is 1. The number of piperidine rings is 2. The fraction of sp³-hybridized carbons (Fsp3) is 0.591. The molecule has 1 atom stereocenters. The van der Waals surface area contributed by atoms with E-state index < -0.39 is 0 Å². The summed E-state index contributed by atoms with van der Waals surface area (Å²) < 4.78 is 1.76. The second-order valence-electron chi connectivity index (χ2n) is 8.27. The number of carbonyl (C=O) groups is 1. The van der Waals surface area contributed by atoms with Crippen LogP contribution in [0.5, 0.6) is 0 Å². The third-order valence-corrected chi connectivity index (χ3v) is 6.05. The summed E-state index contributed by atoms with van der Waals surface area (Å²) in [5.74, 6) is 1.25. The van der Waals surface area contributed by atoms with Gasteiger partial charge in [0.05, 0.1) is 11.0 Å². The summed E-state index contributed by atoms with van der Waals surface area (Å²) in [6.45, 7) is 6.05. The third-order valence-electron chi connectivity index (χ3n) is 6.05. The van der Waals surface area contributed by atoms with E-state index in [1.807, 2.05) is 29.2 Å². The zero-order valence-electron chi connectivity index (χ0n) is 16.8. The number of anilines is 1. The molecule has 1 aromatic carbocycles. The summed E-state index contributed by atoms with van der Waals surface area (Å²) in [5, 5.41) is 0. The van der Waals surface area contributed by atoms with Crippen molar-refractivity contribution < 1.29 is 4.79 Å². The van der Waals surface area contributed by atoms with E-state index in [1.165, 1.54) is 12.8 Å². The van der Waals surface area contributed by atoms with E-state index in [2.05, 4.69) is 16.8 Å². The fourth-order valence-electron chi connectivity index (χ4n) is 4.49. The van der Waals surface area contributed by atoms with Crippen molar-refractivity contribution in [1.82, 2.24) is 14.5 Å². The zero-order valence-corrected chi connectivity index (χ0v) is 16.8. The monoisotopic (exact) mass is 382 g/mol. The summed E-state index contributed by atoms with van der Waals surface area (Å²) in [4.78, 5) is 34.8. The number of benzene rings is 1. The molecule has 150 valence electrons. The normalized spacial score (nSPS) is 20.5. The Morgan fingerprint density at radius 1 is 1.11 bits per heavy atom. The number of amides is 1. The zero-order chi connectivity index (χ0) is 19.5. The standard InChI is InChI=1S/C22H30N4O2/c1-17-8-7-14-25(16-17)20(27)11-15-26-19-10-4-3-9-18(19)23-21(22(26)28)24-12-5-2-6-13-24/h3-4,9-10,17H,2,5-8,11-16H2,1H3. The maximum Gasteiger partial charge on any atom is 0.294 e. The van der Waals surface area contributed by atoms with Gasteiger partial charge < -0.3 is 14.4 Å². The van der Waals surface area contributed by atoms with E-state index in [9.17, 15) is 9.59 Å². The second-order valence-corrected chi connectivity index (χ2v) is 8.27. The molecule has 0 spiro atoms. The minimum absolute atomic E-state index is 0.0691. The van der Waals surface area contributed by atoms with Gasteiger partial charge in [-0.15, -0.1) is 0 Å². The Morgan fingerprint density at radius 3 is 2.68 bits per heavy atom. The lowest BCUT2D eigenvalue weighted by Crippen LogP contribution is -2.40. The van der Waals surface area contributed by atoms with Gasteiger partial charge in [0.1, 0.15) is 0 Å². The van der Waals surface area contributed by atoms with E-state index in [4.69, 9.17) is 0 Å². The lowest BCUT2D eigenvalue weighted by molar-refractivity contribution is -0.133. The van der Waals surface area contributed by atoms with Crippen molar-refractivity contribution >= 4 is 22.8 Å².